The molecule has 160 valence electrons. The fourth-order valence-electron chi connectivity index (χ4n) is 3.69. The lowest BCUT2D eigenvalue weighted by Crippen LogP contribution is -2.35. The van der Waals surface area contributed by atoms with E-state index >= 15 is 0 Å². The molecule has 31 heavy (non-hydrogen) atoms. The van der Waals surface area contributed by atoms with Gasteiger partial charge >= 0.3 is 0 Å². The minimum absolute atomic E-state index is 0.0202. The normalized spacial score (nSPS) is 12.9. The predicted octanol–water partition coefficient (Wildman–Crippen LogP) is 5.56. The van der Waals surface area contributed by atoms with E-state index in [0.717, 1.165) is 23.3 Å². The van der Waals surface area contributed by atoms with Crippen molar-refractivity contribution in [2.24, 2.45) is 0 Å². The lowest BCUT2D eigenvalue weighted by molar-refractivity contribution is 0.0738. The van der Waals surface area contributed by atoms with Gasteiger partial charge in [-0.15, -0.1) is 11.3 Å². The Bertz CT molecular complexity index is 1140. The average molecular weight is 455 g/mol. The monoisotopic (exact) mass is 454 g/mol. The van der Waals surface area contributed by atoms with Crippen LogP contribution in [0.4, 0.5) is 5.00 Å². The number of anilines is 1. The molecule has 0 bridgehead atoms. The summed E-state index contributed by atoms with van der Waals surface area (Å²) in [5, 5.41) is 3.88. The summed E-state index contributed by atoms with van der Waals surface area (Å²) in [5.41, 5.74) is 3.62. The molecule has 0 spiro atoms. The molecule has 1 aromatic heterocycles. The molecule has 2 heterocycles. The number of aryl methyl sites for hydroxylation is 1. The third kappa shape index (κ3) is 4.60. The van der Waals surface area contributed by atoms with Crippen LogP contribution in [0.1, 0.15) is 43.6 Å². The molecule has 2 amide bonds. The van der Waals surface area contributed by atoms with Gasteiger partial charge in [0, 0.05) is 13.1 Å². The lowest BCUT2D eigenvalue weighted by Gasteiger charge is -2.29. The van der Waals surface area contributed by atoms with Crippen molar-refractivity contribution in [1.82, 2.24) is 4.90 Å². The summed E-state index contributed by atoms with van der Waals surface area (Å²) >= 11 is 7.41. The molecular weight excluding hydrogens is 432 g/mol. The Kier molecular flexibility index (Phi) is 6.30. The highest BCUT2D eigenvalue weighted by Crippen LogP contribution is 2.31. The Labute approximate surface area is 190 Å². The molecule has 0 fully saturated rings. The van der Waals surface area contributed by atoms with Gasteiger partial charge in [0.15, 0.2) is 0 Å². The van der Waals surface area contributed by atoms with Crippen molar-refractivity contribution >= 4 is 39.8 Å². The van der Waals surface area contributed by atoms with Crippen molar-refractivity contribution in [2.45, 2.75) is 26.8 Å². The lowest BCUT2D eigenvalue weighted by atomic mass is 9.99. The molecule has 0 aliphatic carbocycles. The average Bonchev–Trinajstić information content (AvgIpc) is 3.13. The van der Waals surface area contributed by atoms with Crippen LogP contribution in [-0.4, -0.2) is 29.9 Å². The Morgan fingerprint density at radius 2 is 1.97 bits per heavy atom. The van der Waals surface area contributed by atoms with Crippen LogP contribution >= 0.6 is 22.9 Å². The van der Waals surface area contributed by atoms with Gasteiger partial charge in [0.2, 0.25) is 0 Å². The zero-order chi connectivity index (χ0) is 22.0. The fourth-order valence-corrected chi connectivity index (χ4v) is 4.94. The van der Waals surface area contributed by atoms with Crippen LogP contribution in [-0.2, 0) is 13.0 Å². The first kappa shape index (κ1) is 21.4. The van der Waals surface area contributed by atoms with Gasteiger partial charge in [-0.1, -0.05) is 29.8 Å². The van der Waals surface area contributed by atoms with Gasteiger partial charge in [0.25, 0.3) is 11.8 Å². The summed E-state index contributed by atoms with van der Waals surface area (Å²) < 4.78 is 5.61. The summed E-state index contributed by atoms with van der Waals surface area (Å²) in [7, 11) is 0. The second kappa shape index (κ2) is 9.12. The second-order valence-corrected chi connectivity index (χ2v) is 8.86. The first-order valence-electron chi connectivity index (χ1n) is 10.2. The maximum Gasteiger partial charge on any atom is 0.264 e. The number of nitrogens with zero attached hydrogens (tertiary/aromatic N) is 1. The van der Waals surface area contributed by atoms with Gasteiger partial charge < -0.3 is 15.0 Å². The largest absolute Gasteiger partial charge is 0.494 e. The van der Waals surface area contributed by atoms with Gasteiger partial charge in [-0.05, 0) is 67.3 Å². The van der Waals surface area contributed by atoms with Crippen molar-refractivity contribution in [1.29, 1.82) is 0 Å². The number of benzene rings is 2. The number of carbonyl (C=O) groups is 2. The minimum Gasteiger partial charge on any atom is -0.494 e. The molecule has 2 aromatic carbocycles. The summed E-state index contributed by atoms with van der Waals surface area (Å²) in [6.07, 6.45) is 0.813. The van der Waals surface area contributed by atoms with E-state index in [1.807, 2.05) is 36.9 Å². The molecule has 0 saturated heterocycles. The Hall–Kier alpha value is -2.83. The number of rotatable bonds is 5. The zero-order valence-corrected chi connectivity index (χ0v) is 19.0. The SMILES string of the molecule is CCOc1ccc2c(c1)CN(C(=O)c1sc(NC(=O)c3ccccc3Cl)cc1C)CC2. The van der Waals surface area contributed by atoms with Gasteiger partial charge in [-0.2, -0.15) is 0 Å². The second-order valence-electron chi connectivity index (χ2n) is 7.40. The van der Waals surface area contributed by atoms with E-state index in [9.17, 15) is 9.59 Å². The number of nitrogens with one attached hydrogen (secondary N) is 1. The number of amides is 2. The zero-order valence-electron chi connectivity index (χ0n) is 17.4. The van der Waals surface area contributed by atoms with Crippen LogP contribution in [0.2, 0.25) is 5.02 Å². The van der Waals surface area contributed by atoms with Crippen LogP contribution in [0.3, 0.4) is 0 Å². The van der Waals surface area contributed by atoms with E-state index in [0.29, 0.717) is 40.2 Å². The molecular formula is C24H23ClN2O3S. The summed E-state index contributed by atoms with van der Waals surface area (Å²) in [4.78, 5) is 28.3. The van der Waals surface area contributed by atoms with E-state index in [2.05, 4.69) is 11.4 Å². The maximum absolute atomic E-state index is 13.2. The van der Waals surface area contributed by atoms with Crippen LogP contribution in [0.5, 0.6) is 5.75 Å². The molecule has 5 nitrogen and oxygen atoms in total. The highest BCUT2D eigenvalue weighted by atomic mass is 35.5. The van der Waals surface area contributed by atoms with Crippen molar-refractivity contribution in [3.8, 4) is 5.75 Å². The topological polar surface area (TPSA) is 58.6 Å². The van der Waals surface area contributed by atoms with E-state index < -0.39 is 0 Å². The highest BCUT2D eigenvalue weighted by Gasteiger charge is 2.25. The Morgan fingerprint density at radius 1 is 1.16 bits per heavy atom. The molecule has 1 aliphatic rings. The standard InChI is InChI=1S/C24H23ClN2O3S/c1-3-30-18-9-8-16-10-11-27(14-17(16)13-18)24(29)22-15(2)12-21(31-22)26-23(28)19-6-4-5-7-20(19)25/h4-9,12-13H,3,10-11,14H2,1-2H3,(H,26,28). The molecule has 7 heteroatoms. The van der Waals surface area contributed by atoms with E-state index in [4.69, 9.17) is 16.3 Å². The number of thiophene rings is 1. The molecule has 1 aliphatic heterocycles. The summed E-state index contributed by atoms with van der Waals surface area (Å²) in [6, 6.07) is 14.8. The van der Waals surface area contributed by atoms with Crippen LogP contribution in [0.15, 0.2) is 48.5 Å². The van der Waals surface area contributed by atoms with Crippen LogP contribution < -0.4 is 10.1 Å². The Balaban J connectivity index is 1.50. The molecule has 0 atom stereocenters. The van der Waals surface area contributed by atoms with E-state index in [1.165, 1.54) is 16.9 Å². The fraction of sp³-hybridized carbons (Fsp3) is 0.250. The molecule has 4 rings (SSSR count). The van der Waals surface area contributed by atoms with E-state index in [1.54, 1.807) is 24.3 Å². The van der Waals surface area contributed by atoms with Gasteiger partial charge in [0.05, 0.1) is 27.1 Å². The molecule has 0 saturated carbocycles. The number of carbonyl (C=O) groups excluding carboxylic acids is 2. The quantitative estimate of drug-likeness (QED) is 0.549. The third-order valence-corrected chi connectivity index (χ3v) is 6.73. The number of hydrogen-bond donors (Lipinski definition) is 1. The summed E-state index contributed by atoms with van der Waals surface area (Å²) in [5.74, 6) is 0.516. The number of ether oxygens (including phenoxy) is 1. The molecule has 1 N–H and O–H groups in total. The van der Waals surface area contributed by atoms with Gasteiger partial charge in [0.1, 0.15) is 5.75 Å². The van der Waals surface area contributed by atoms with Gasteiger partial charge in [-0.25, -0.2) is 0 Å². The maximum atomic E-state index is 13.2. The Morgan fingerprint density at radius 3 is 2.74 bits per heavy atom. The van der Waals surface area contributed by atoms with Crippen molar-refractivity contribution < 1.29 is 14.3 Å². The smallest absolute Gasteiger partial charge is 0.264 e. The van der Waals surface area contributed by atoms with Crippen molar-refractivity contribution in [2.75, 3.05) is 18.5 Å². The first-order chi connectivity index (χ1) is 15.0. The number of halogens is 1. The summed E-state index contributed by atoms with van der Waals surface area (Å²) in [6.45, 7) is 5.67. The van der Waals surface area contributed by atoms with Gasteiger partial charge in [-0.3, -0.25) is 9.59 Å². The number of fused-ring (bicyclic) bond motifs is 1. The molecule has 3 aromatic rings. The first-order valence-corrected chi connectivity index (χ1v) is 11.4. The van der Waals surface area contributed by atoms with Crippen molar-refractivity contribution in [3.05, 3.63) is 80.7 Å². The highest BCUT2D eigenvalue weighted by molar-refractivity contribution is 7.18. The van der Waals surface area contributed by atoms with Crippen LogP contribution in [0, 0.1) is 6.92 Å². The minimum atomic E-state index is -0.291. The molecule has 0 radical (unpaired) electrons. The number of hydrogen-bond acceptors (Lipinski definition) is 4. The van der Waals surface area contributed by atoms with Crippen LogP contribution in [0.25, 0.3) is 0 Å². The predicted molar refractivity (Wildman–Crippen MR) is 125 cm³/mol. The van der Waals surface area contributed by atoms with E-state index in [-0.39, 0.29) is 11.8 Å². The molecule has 0 unspecified atom stereocenters. The van der Waals surface area contributed by atoms with Crippen molar-refractivity contribution in [3.63, 3.8) is 0 Å². The third-order valence-electron chi connectivity index (χ3n) is 5.26.